The highest BCUT2D eigenvalue weighted by Gasteiger charge is 2.20. The van der Waals surface area contributed by atoms with E-state index in [1.807, 2.05) is 0 Å². The lowest BCUT2D eigenvalue weighted by Gasteiger charge is -2.29. The van der Waals surface area contributed by atoms with Crippen molar-refractivity contribution in [3.8, 4) is 0 Å². The second-order valence-corrected chi connectivity index (χ2v) is 5.59. The van der Waals surface area contributed by atoms with Crippen molar-refractivity contribution >= 4 is 5.82 Å². The SMILES string of the molecule is CCC(C)N(CCOC)c1cccc(CNC2CC2)n1. The van der Waals surface area contributed by atoms with Gasteiger partial charge < -0.3 is 15.0 Å². The van der Waals surface area contributed by atoms with E-state index in [9.17, 15) is 0 Å². The third kappa shape index (κ3) is 4.46. The van der Waals surface area contributed by atoms with Crippen molar-refractivity contribution in [1.82, 2.24) is 10.3 Å². The molecule has 0 amide bonds. The molecule has 1 fully saturated rings. The molecule has 1 heterocycles. The molecule has 0 bridgehead atoms. The lowest BCUT2D eigenvalue weighted by molar-refractivity contribution is 0.203. The lowest BCUT2D eigenvalue weighted by Crippen LogP contribution is -2.36. The molecule has 0 aliphatic heterocycles. The first kappa shape index (κ1) is 15.3. The van der Waals surface area contributed by atoms with E-state index < -0.39 is 0 Å². The number of hydrogen-bond acceptors (Lipinski definition) is 4. The van der Waals surface area contributed by atoms with Crippen molar-refractivity contribution in [2.24, 2.45) is 0 Å². The van der Waals surface area contributed by atoms with Crippen LogP contribution in [0.4, 0.5) is 5.82 Å². The van der Waals surface area contributed by atoms with Crippen molar-refractivity contribution in [1.29, 1.82) is 0 Å². The minimum Gasteiger partial charge on any atom is -0.383 e. The van der Waals surface area contributed by atoms with Gasteiger partial charge in [0.25, 0.3) is 0 Å². The number of nitrogens with one attached hydrogen (secondary N) is 1. The van der Waals surface area contributed by atoms with Crippen molar-refractivity contribution in [3.63, 3.8) is 0 Å². The van der Waals surface area contributed by atoms with Gasteiger partial charge in [-0.05, 0) is 38.3 Å². The van der Waals surface area contributed by atoms with Crippen LogP contribution in [0.5, 0.6) is 0 Å². The van der Waals surface area contributed by atoms with Gasteiger partial charge in [0, 0.05) is 32.3 Å². The van der Waals surface area contributed by atoms with Crippen LogP contribution in [0.1, 0.15) is 38.8 Å². The van der Waals surface area contributed by atoms with Gasteiger partial charge in [-0.15, -0.1) is 0 Å². The van der Waals surface area contributed by atoms with E-state index >= 15 is 0 Å². The molecule has 1 saturated carbocycles. The lowest BCUT2D eigenvalue weighted by atomic mass is 10.2. The largest absolute Gasteiger partial charge is 0.383 e. The Balaban J connectivity index is 2.03. The molecular formula is C16H27N3O. The average molecular weight is 277 g/mol. The number of pyridine rings is 1. The molecule has 2 rings (SSSR count). The minimum atomic E-state index is 0.476. The van der Waals surface area contributed by atoms with Crippen LogP contribution in [0, 0.1) is 0 Å². The van der Waals surface area contributed by atoms with Crippen LogP contribution < -0.4 is 10.2 Å². The summed E-state index contributed by atoms with van der Waals surface area (Å²) in [5.74, 6) is 1.06. The highest BCUT2D eigenvalue weighted by molar-refractivity contribution is 5.40. The Morgan fingerprint density at radius 1 is 1.45 bits per heavy atom. The number of aromatic nitrogens is 1. The molecule has 112 valence electrons. The predicted octanol–water partition coefficient (Wildman–Crippen LogP) is 2.58. The zero-order valence-corrected chi connectivity index (χ0v) is 12.9. The van der Waals surface area contributed by atoms with E-state index in [0.717, 1.165) is 43.7 Å². The fourth-order valence-corrected chi connectivity index (χ4v) is 2.23. The van der Waals surface area contributed by atoms with E-state index in [1.165, 1.54) is 12.8 Å². The van der Waals surface area contributed by atoms with Gasteiger partial charge >= 0.3 is 0 Å². The predicted molar refractivity (Wildman–Crippen MR) is 83.1 cm³/mol. The maximum Gasteiger partial charge on any atom is 0.129 e. The van der Waals surface area contributed by atoms with Crippen LogP contribution in [0.2, 0.25) is 0 Å². The second-order valence-electron chi connectivity index (χ2n) is 5.59. The topological polar surface area (TPSA) is 37.4 Å². The maximum absolute atomic E-state index is 5.22. The molecule has 20 heavy (non-hydrogen) atoms. The molecule has 1 aliphatic carbocycles. The number of rotatable bonds is 9. The summed E-state index contributed by atoms with van der Waals surface area (Å²) in [6.07, 6.45) is 3.73. The summed E-state index contributed by atoms with van der Waals surface area (Å²) < 4.78 is 5.22. The first-order valence-corrected chi connectivity index (χ1v) is 7.69. The third-order valence-electron chi connectivity index (χ3n) is 3.89. The van der Waals surface area contributed by atoms with E-state index in [2.05, 4.69) is 42.3 Å². The van der Waals surface area contributed by atoms with Gasteiger partial charge in [-0.3, -0.25) is 0 Å². The van der Waals surface area contributed by atoms with Gasteiger partial charge in [0.05, 0.1) is 12.3 Å². The zero-order chi connectivity index (χ0) is 14.4. The summed E-state index contributed by atoms with van der Waals surface area (Å²) in [6.45, 7) is 6.95. The monoisotopic (exact) mass is 277 g/mol. The fraction of sp³-hybridized carbons (Fsp3) is 0.688. The Kier molecular flexibility index (Phi) is 5.80. The fourth-order valence-electron chi connectivity index (χ4n) is 2.23. The average Bonchev–Trinajstić information content (AvgIpc) is 3.30. The zero-order valence-electron chi connectivity index (χ0n) is 12.9. The van der Waals surface area contributed by atoms with Crippen molar-refractivity contribution < 1.29 is 4.74 Å². The van der Waals surface area contributed by atoms with Crippen molar-refractivity contribution in [2.45, 2.75) is 51.7 Å². The smallest absolute Gasteiger partial charge is 0.129 e. The van der Waals surface area contributed by atoms with E-state index in [-0.39, 0.29) is 0 Å². The summed E-state index contributed by atoms with van der Waals surface area (Å²) in [5, 5.41) is 3.52. The van der Waals surface area contributed by atoms with Gasteiger partial charge in [-0.1, -0.05) is 13.0 Å². The molecular weight excluding hydrogens is 250 g/mol. The molecule has 0 saturated heterocycles. The molecule has 4 nitrogen and oxygen atoms in total. The summed E-state index contributed by atoms with van der Waals surface area (Å²) >= 11 is 0. The molecule has 1 aliphatic rings. The van der Waals surface area contributed by atoms with E-state index in [0.29, 0.717) is 6.04 Å². The van der Waals surface area contributed by atoms with Crippen LogP contribution in [-0.2, 0) is 11.3 Å². The number of methoxy groups -OCH3 is 1. The molecule has 1 atom stereocenters. The number of nitrogens with zero attached hydrogens (tertiary/aromatic N) is 2. The normalized spacial score (nSPS) is 16.1. The van der Waals surface area contributed by atoms with Gasteiger partial charge in [0.1, 0.15) is 5.82 Å². The Labute approximate surface area is 122 Å². The van der Waals surface area contributed by atoms with Crippen LogP contribution in [0.15, 0.2) is 18.2 Å². The third-order valence-corrected chi connectivity index (χ3v) is 3.89. The summed E-state index contributed by atoms with van der Waals surface area (Å²) in [7, 11) is 1.75. The molecule has 4 heteroatoms. The standard InChI is InChI=1S/C16H27N3O/c1-4-13(2)19(10-11-20-3)16-7-5-6-15(18-16)12-17-14-8-9-14/h5-7,13-14,17H,4,8-12H2,1-3H3. The number of hydrogen-bond donors (Lipinski definition) is 1. The molecule has 0 spiro atoms. The second kappa shape index (κ2) is 7.60. The van der Waals surface area contributed by atoms with Gasteiger partial charge in [0.2, 0.25) is 0 Å². The van der Waals surface area contributed by atoms with Crippen molar-refractivity contribution in [2.75, 3.05) is 25.2 Å². The summed E-state index contributed by atoms with van der Waals surface area (Å²) in [4.78, 5) is 7.14. The van der Waals surface area contributed by atoms with Crippen LogP contribution >= 0.6 is 0 Å². The van der Waals surface area contributed by atoms with Gasteiger partial charge in [0.15, 0.2) is 0 Å². The highest BCUT2D eigenvalue weighted by Crippen LogP contribution is 2.20. The Bertz CT molecular complexity index is 406. The molecule has 1 unspecified atom stereocenters. The first-order valence-electron chi connectivity index (χ1n) is 7.69. The Morgan fingerprint density at radius 2 is 2.25 bits per heavy atom. The Hall–Kier alpha value is -1.13. The van der Waals surface area contributed by atoms with E-state index in [4.69, 9.17) is 9.72 Å². The number of ether oxygens (including phenoxy) is 1. The van der Waals surface area contributed by atoms with Gasteiger partial charge in [-0.25, -0.2) is 4.98 Å². The van der Waals surface area contributed by atoms with Crippen LogP contribution in [-0.4, -0.2) is 37.3 Å². The molecule has 0 aromatic carbocycles. The van der Waals surface area contributed by atoms with Crippen LogP contribution in [0.25, 0.3) is 0 Å². The van der Waals surface area contributed by atoms with Crippen molar-refractivity contribution in [3.05, 3.63) is 23.9 Å². The number of anilines is 1. The molecule has 0 radical (unpaired) electrons. The quantitative estimate of drug-likeness (QED) is 0.753. The molecule has 1 aromatic heterocycles. The van der Waals surface area contributed by atoms with E-state index in [1.54, 1.807) is 7.11 Å². The minimum absolute atomic E-state index is 0.476. The maximum atomic E-state index is 5.22. The molecule has 1 N–H and O–H groups in total. The highest BCUT2D eigenvalue weighted by atomic mass is 16.5. The first-order chi connectivity index (χ1) is 9.74. The summed E-state index contributed by atoms with van der Waals surface area (Å²) in [6, 6.07) is 7.50. The van der Waals surface area contributed by atoms with Crippen LogP contribution in [0.3, 0.4) is 0 Å². The summed E-state index contributed by atoms with van der Waals surface area (Å²) in [5.41, 5.74) is 1.13. The molecule has 1 aromatic rings. The Morgan fingerprint density at radius 3 is 2.90 bits per heavy atom. The van der Waals surface area contributed by atoms with Gasteiger partial charge in [-0.2, -0.15) is 0 Å².